The average molecular weight is 361 g/mol. The van der Waals surface area contributed by atoms with E-state index in [4.69, 9.17) is 4.99 Å². The summed E-state index contributed by atoms with van der Waals surface area (Å²) < 4.78 is 2.16. The van der Waals surface area contributed by atoms with Gasteiger partial charge in [0.05, 0.1) is 19.5 Å². The van der Waals surface area contributed by atoms with Crippen molar-refractivity contribution in [3.05, 3.63) is 71.3 Å². The molecule has 1 aliphatic rings. The molecule has 0 unspecified atom stereocenters. The predicted molar refractivity (Wildman–Crippen MR) is 110 cm³/mol. The van der Waals surface area contributed by atoms with Crippen LogP contribution in [0.25, 0.3) is 5.69 Å². The van der Waals surface area contributed by atoms with Crippen LogP contribution in [-0.2, 0) is 0 Å². The summed E-state index contributed by atoms with van der Waals surface area (Å²) in [5, 5.41) is 10.2. The molecule has 132 valence electrons. The van der Waals surface area contributed by atoms with E-state index in [2.05, 4.69) is 83.8 Å². The van der Waals surface area contributed by atoms with Crippen molar-refractivity contribution in [1.82, 2.24) is 14.8 Å². The number of hydrogen-bond acceptors (Lipinski definition) is 3. The highest BCUT2D eigenvalue weighted by Crippen LogP contribution is 2.30. The molecule has 4 rings (SSSR count). The molecule has 5 heteroatoms. The zero-order valence-electron chi connectivity index (χ0n) is 16.0. The molecule has 1 aromatic heterocycles. The van der Waals surface area contributed by atoms with Gasteiger partial charge in [0.1, 0.15) is 11.9 Å². The van der Waals surface area contributed by atoms with E-state index in [0.717, 1.165) is 28.6 Å². The predicted octanol–water partition coefficient (Wildman–Crippen LogP) is 4.03. The molecule has 0 spiro atoms. The first-order valence-corrected chi connectivity index (χ1v) is 12.6. The van der Waals surface area contributed by atoms with E-state index in [1.54, 1.807) is 0 Å². The van der Waals surface area contributed by atoms with Crippen LogP contribution < -0.4 is 5.19 Å². The second-order valence-corrected chi connectivity index (χ2v) is 13.0. The van der Waals surface area contributed by atoms with E-state index in [0.29, 0.717) is 0 Å². The lowest BCUT2D eigenvalue weighted by Gasteiger charge is -2.20. The average Bonchev–Trinajstić information content (AvgIpc) is 2.94. The van der Waals surface area contributed by atoms with Gasteiger partial charge in [0.2, 0.25) is 0 Å². The van der Waals surface area contributed by atoms with E-state index in [1.807, 2.05) is 13.0 Å². The first-order chi connectivity index (χ1) is 12.4. The van der Waals surface area contributed by atoms with Gasteiger partial charge in [0.25, 0.3) is 0 Å². The zero-order valence-corrected chi connectivity index (χ0v) is 17.0. The molecule has 0 fully saturated rings. The highest BCUT2D eigenvalue weighted by atomic mass is 28.3. The van der Waals surface area contributed by atoms with Gasteiger partial charge in [-0.2, -0.15) is 0 Å². The maximum Gasteiger partial charge on any atom is 0.162 e. The number of hydrogen-bond donors (Lipinski definition) is 0. The summed E-state index contributed by atoms with van der Waals surface area (Å²) in [6.07, 6.45) is 0. The SMILES string of the molecule is Cc1nnc2n1-c1ccc([Si](C)(C)C)cc1C(c1ccccc1)=N[C@H]2C. The van der Waals surface area contributed by atoms with Gasteiger partial charge >= 0.3 is 0 Å². The van der Waals surface area contributed by atoms with E-state index in [9.17, 15) is 0 Å². The molecule has 3 aromatic rings. The van der Waals surface area contributed by atoms with Gasteiger partial charge in [0.15, 0.2) is 5.82 Å². The Hall–Kier alpha value is -2.53. The summed E-state index contributed by atoms with van der Waals surface area (Å²) in [5.74, 6) is 1.80. The highest BCUT2D eigenvalue weighted by Gasteiger charge is 2.27. The monoisotopic (exact) mass is 360 g/mol. The molecule has 0 saturated heterocycles. The maximum absolute atomic E-state index is 5.07. The second-order valence-electron chi connectivity index (χ2n) is 7.94. The highest BCUT2D eigenvalue weighted by molar-refractivity contribution is 6.88. The fraction of sp³-hybridized carbons (Fsp3) is 0.286. The van der Waals surface area contributed by atoms with Crippen molar-refractivity contribution in [1.29, 1.82) is 0 Å². The Morgan fingerprint density at radius 3 is 2.38 bits per heavy atom. The first-order valence-electron chi connectivity index (χ1n) is 9.06. The van der Waals surface area contributed by atoms with E-state index in [-0.39, 0.29) is 6.04 Å². The van der Waals surface area contributed by atoms with E-state index in [1.165, 1.54) is 10.8 Å². The van der Waals surface area contributed by atoms with Gasteiger partial charge in [-0.3, -0.25) is 9.56 Å². The number of rotatable bonds is 2. The third kappa shape index (κ3) is 2.72. The molecule has 1 atom stereocenters. The third-order valence-corrected chi connectivity index (χ3v) is 7.00. The number of fused-ring (bicyclic) bond motifs is 3. The fourth-order valence-electron chi connectivity index (χ4n) is 3.48. The zero-order chi connectivity index (χ0) is 18.5. The van der Waals surface area contributed by atoms with Crippen LogP contribution in [0.1, 0.15) is 35.7 Å². The van der Waals surface area contributed by atoms with Crippen LogP contribution in [0.2, 0.25) is 19.6 Å². The summed E-state index contributed by atoms with van der Waals surface area (Å²) in [6.45, 7) is 11.2. The summed E-state index contributed by atoms with van der Waals surface area (Å²) >= 11 is 0. The van der Waals surface area contributed by atoms with Gasteiger partial charge in [-0.05, 0) is 19.9 Å². The molecule has 0 aliphatic carbocycles. The molecule has 0 radical (unpaired) electrons. The second kappa shape index (κ2) is 6.02. The van der Waals surface area contributed by atoms with Crippen molar-refractivity contribution in [2.75, 3.05) is 0 Å². The number of aromatic nitrogens is 3. The van der Waals surface area contributed by atoms with E-state index >= 15 is 0 Å². The van der Waals surface area contributed by atoms with Gasteiger partial charge in [-0.25, -0.2) is 0 Å². The van der Waals surface area contributed by atoms with Crippen molar-refractivity contribution in [3.63, 3.8) is 0 Å². The lowest BCUT2D eigenvalue weighted by Crippen LogP contribution is -2.38. The third-order valence-electron chi connectivity index (χ3n) is 4.95. The summed E-state index contributed by atoms with van der Waals surface area (Å²) in [5.41, 5.74) is 4.48. The van der Waals surface area contributed by atoms with Gasteiger partial charge in [0, 0.05) is 11.1 Å². The quantitative estimate of drug-likeness (QED) is 0.648. The maximum atomic E-state index is 5.07. The van der Waals surface area contributed by atoms with Crippen LogP contribution in [-0.4, -0.2) is 28.6 Å². The summed E-state index contributed by atoms with van der Waals surface area (Å²) in [7, 11) is -1.44. The molecule has 4 nitrogen and oxygen atoms in total. The van der Waals surface area contributed by atoms with Crippen LogP contribution in [0.4, 0.5) is 0 Å². The van der Waals surface area contributed by atoms with Crippen molar-refractivity contribution in [2.24, 2.45) is 4.99 Å². The van der Waals surface area contributed by atoms with Crippen molar-refractivity contribution in [2.45, 2.75) is 39.5 Å². The Bertz CT molecular complexity index is 997. The lowest BCUT2D eigenvalue weighted by atomic mass is 10.0. The molecule has 2 aromatic carbocycles. The molecule has 0 saturated carbocycles. The molecule has 2 heterocycles. The molecular formula is C21H24N4Si. The Kier molecular flexibility index (Phi) is 3.92. The minimum Gasteiger partial charge on any atom is -0.281 e. The lowest BCUT2D eigenvalue weighted by molar-refractivity contribution is 0.721. The number of aliphatic imine (C=N–C) groups is 1. The van der Waals surface area contributed by atoms with Crippen LogP contribution >= 0.6 is 0 Å². The first kappa shape index (κ1) is 16.9. The molecule has 1 aliphatic heterocycles. The van der Waals surface area contributed by atoms with Crippen molar-refractivity contribution in [3.8, 4) is 5.69 Å². The Labute approximate surface area is 155 Å². The van der Waals surface area contributed by atoms with Gasteiger partial charge < -0.3 is 0 Å². The van der Waals surface area contributed by atoms with Crippen LogP contribution in [0, 0.1) is 6.92 Å². The van der Waals surface area contributed by atoms with Gasteiger partial charge in [-0.1, -0.05) is 67.3 Å². The summed E-state index contributed by atoms with van der Waals surface area (Å²) in [6, 6.07) is 17.2. The normalized spacial score (nSPS) is 16.5. The largest absolute Gasteiger partial charge is 0.281 e. The Morgan fingerprint density at radius 2 is 1.69 bits per heavy atom. The van der Waals surface area contributed by atoms with Crippen LogP contribution in [0.3, 0.4) is 0 Å². The Morgan fingerprint density at radius 1 is 0.962 bits per heavy atom. The summed E-state index contributed by atoms with van der Waals surface area (Å²) in [4.78, 5) is 5.07. The minimum atomic E-state index is -1.44. The molecule has 0 N–H and O–H groups in total. The molecular weight excluding hydrogens is 336 g/mol. The van der Waals surface area contributed by atoms with Crippen LogP contribution in [0.15, 0.2) is 53.5 Å². The standard InChI is InChI=1S/C21H24N4Si/c1-14-21-24-23-15(2)25(21)19-12-11-17(26(3,4)5)13-18(19)20(22-14)16-9-7-6-8-10-16/h6-14H,1-5H3/t14-/m0/s1. The van der Waals surface area contributed by atoms with Crippen molar-refractivity contribution < 1.29 is 0 Å². The Balaban J connectivity index is 2.05. The minimum absolute atomic E-state index is 0.0471. The topological polar surface area (TPSA) is 43.1 Å². The van der Waals surface area contributed by atoms with Gasteiger partial charge in [-0.15, -0.1) is 10.2 Å². The van der Waals surface area contributed by atoms with Crippen LogP contribution in [0.5, 0.6) is 0 Å². The number of aryl methyl sites for hydroxylation is 1. The van der Waals surface area contributed by atoms with E-state index < -0.39 is 8.07 Å². The molecule has 0 bridgehead atoms. The molecule has 26 heavy (non-hydrogen) atoms. The fourth-order valence-corrected chi connectivity index (χ4v) is 4.64. The van der Waals surface area contributed by atoms with Crippen molar-refractivity contribution >= 4 is 19.0 Å². The molecule has 0 amide bonds. The smallest absolute Gasteiger partial charge is 0.162 e. The number of nitrogens with zero attached hydrogens (tertiary/aromatic N) is 4. The number of benzene rings is 2.